The van der Waals surface area contributed by atoms with Crippen LogP contribution in [0.15, 0.2) is 54.6 Å². The van der Waals surface area contributed by atoms with Crippen molar-refractivity contribution in [3.05, 3.63) is 65.7 Å². The number of phenolic OH excluding ortho intramolecular Hbond substituents is 1. The van der Waals surface area contributed by atoms with Crippen molar-refractivity contribution in [3.63, 3.8) is 0 Å². The number of ether oxygens (including phenoxy) is 1. The first kappa shape index (κ1) is 26.6. The van der Waals surface area contributed by atoms with Crippen LogP contribution in [0.1, 0.15) is 25.0 Å². The van der Waals surface area contributed by atoms with Gasteiger partial charge in [0.05, 0.1) is 12.4 Å². The van der Waals surface area contributed by atoms with Crippen molar-refractivity contribution >= 4 is 10.0 Å². The molecule has 0 aromatic heterocycles. The van der Waals surface area contributed by atoms with E-state index in [2.05, 4.69) is 48.3 Å². The molecule has 1 unspecified atom stereocenters. The predicted octanol–water partition coefficient (Wildman–Crippen LogP) is 2.71. The quantitative estimate of drug-likeness (QED) is 0.450. The van der Waals surface area contributed by atoms with Gasteiger partial charge in [-0.2, -0.15) is 4.31 Å². The van der Waals surface area contributed by atoms with Crippen molar-refractivity contribution in [3.8, 4) is 5.75 Å². The fourth-order valence-corrected chi connectivity index (χ4v) is 5.60. The summed E-state index contributed by atoms with van der Waals surface area (Å²) in [7, 11) is -3.38. The summed E-state index contributed by atoms with van der Waals surface area (Å²) in [5.41, 5.74) is 1.99. The predicted molar refractivity (Wildman–Crippen MR) is 136 cm³/mol. The highest BCUT2D eigenvalue weighted by atomic mass is 32.2. The van der Waals surface area contributed by atoms with E-state index >= 15 is 0 Å². The van der Waals surface area contributed by atoms with Gasteiger partial charge >= 0.3 is 0 Å². The number of rotatable bonds is 13. The zero-order valence-corrected chi connectivity index (χ0v) is 21.2. The molecular weight excluding hydrogens is 450 g/mol. The normalized spacial score (nSPS) is 16.7. The van der Waals surface area contributed by atoms with Crippen molar-refractivity contribution in [1.82, 2.24) is 14.5 Å². The Bertz CT molecular complexity index is 944. The first-order valence-electron chi connectivity index (χ1n) is 12.1. The maximum absolute atomic E-state index is 12.9. The van der Waals surface area contributed by atoms with Gasteiger partial charge in [0.15, 0.2) is 0 Å². The lowest BCUT2D eigenvalue weighted by atomic mass is 10.1. The molecule has 1 fully saturated rings. The van der Waals surface area contributed by atoms with E-state index in [1.54, 1.807) is 16.4 Å². The summed E-state index contributed by atoms with van der Waals surface area (Å²) in [6, 6.07) is 17.0. The molecule has 0 amide bonds. The lowest BCUT2D eigenvalue weighted by molar-refractivity contribution is 0.0727. The van der Waals surface area contributed by atoms with Gasteiger partial charge in [-0.05, 0) is 42.1 Å². The van der Waals surface area contributed by atoms with E-state index < -0.39 is 10.0 Å². The highest BCUT2D eigenvalue weighted by Crippen LogP contribution is 2.16. The minimum atomic E-state index is -3.38. The molecule has 1 heterocycles. The van der Waals surface area contributed by atoms with Gasteiger partial charge in [0, 0.05) is 45.4 Å². The van der Waals surface area contributed by atoms with Crippen LogP contribution in [0.25, 0.3) is 0 Å². The van der Waals surface area contributed by atoms with Gasteiger partial charge in [0.1, 0.15) is 5.75 Å². The van der Waals surface area contributed by atoms with E-state index in [1.807, 2.05) is 6.07 Å². The number of hydrogen-bond donors (Lipinski definition) is 2. The van der Waals surface area contributed by atoms with Crippen LogP contribution in [0.4, 0.5) is 0 Å². The van der Waals surface area contributed by atoms with Crippen LogP contribution in [0, 0.1) is 5.92 Å². The minimum absolute atomic E-state index is 0.0417. The third-order valence-electron chi connectivity index (χ3n) is 5.95. The summed E-state index contributed by atoms with van der Waals surface area (Å²) in [5, 5.41) is 13.1. The maximum Gasteiger partial charge on any atom is 0.218 e. The second-order valence-corrected chi connectivity index (χ2v) is 11.4. The number of nitrogens with one attached hydrogen (secondary N) is 1. The number of piperazine rings is 1. The monoisotopic (exact) mass is 489 g/mol. The van der Waals surface area contributed by atoms with Crippen molar-refractivity contribution in [2.45, 2.75) is 32.1 Å². The molecule has 7 nitrogen and oxygen atoms in total. The van der Waals surface area contributed by atoms with Crippen LogP contribution >= 0.6 is 0 Å². The molecule has 0 spiro atoms. The van der Waals surface area contributed by atoms with Crippen molar-refractivity contribution < 1.29 is 18.3 Å². The van der Waals surface area contributed by atoms with Crippen LogP contribution in [-0.4, -0.2) is 81.3 Å². The molecule has 0 radical (unpaired) electrons. The smallest absolute Gasteiger partial charge is 0.218 e. The first-order chi connectivity index (χ1) is 16.3. The number of sulfonamides is 1. The Morgan fingerprint density at radius 2 is 1.62 bits per heavy atom. The number of nitrogens with zero attached hydrogens (tertiary/aromatic N) is 2. The van der Waals surface area contributed by atoms with Crippen molar-refractivity contribution in [2.24, 2.45) is 5.92 Å². The number of benzene rings is 2. The molecule has 0 aliphatic carbocycles. The highest BCUT2D eigenvalue weighted by Gasteiger charge is 2.28. The number of phenols is 1. The summed E-state index contributed by atoms with van der Waals surface area (Å²) in [4.78, 5) is 2.32. The van der Waals surface area contributed by atoms with Gasteiger partial charge in [0.2, 0.25) is 10.0 Å². The zero-order valence-electron chi connectivity index (χ0n) is 20.4. The zero-order chi connectivity index (χ0) is 24.4. The lowest BCUT2D eigenvalue weighted by Crippen LogP contribution is -2.53. The molecule has 34 heavy (non-hydrogen) atoms. The molecule has 188 valence electrons. The van der Waals surface area contributed by atoms with Crippen molar-refractivity contribution in [2.75, 3.05) is 52.5 Å². The average Bonchev–Trinajstić information content (AvgIpc) is 2.81. The summed E-state index contributed by atoms with van der Waals surface area (Å²) >= 11 is 0. The SMILES string of the molecule is CC(C)COCC(CN1CCN(S(=O)(=O)Cc2ccc(O)cc2)CC1)NCCc1ccccc1. The Balaban J connectivity index is 1.48. The Labute approximate surface area is 204 Å². The fraction of sp³-hybridized carbons (Fsp3) is 0.538. The van der Waals surface area contributed by atoms with Crippen LogP contribution < -0.4 is 5.32 Å². The third kappa shape index (κ3) is 9.00. The Kier molecular flexibility index (Phi) is 10.3. The van der Waals surface area contributed by atoms with Gasteiger partial charge in [-0.1, -0.05) is 56.3 Å². The molecule has 0 saturated carbocycles. The van der Waals surface area contributed by atoms with Gasteiger partial charge in [-0.3, -0.25) is 4.90 Å². The second kappa shape index (κ2) is 13.2. The fourth-order valence-electron chi connectivity index (χ4n) is 4.08. The molecule has 0 bridgehead atoms. The molecule has 2 aromatic rings. The van der Waals surface area contributed by atoms with Crippen molar-refractivity contribution in [1.29, 1.82) is 0 Å². The van der Waals surface area contributed by atoms with E-state index in [4.69, 9.17) is 4.74 Å². The summed E-state index contributed by atoms with van der Waals surface area (Å²) in [5.74, 6) is 0.589. The first-order valence-corrected chi connectivity index (χ1v) is 13.8. The molecule has 1 atom stereocenters. The standard InChI is InChI=1S/C26H39N3O4S/c1-22(2)19-33-20-25(27-13-12-23-6-4-3-5-7-23)18-28-14-16-29(17-15-28)34(31,32)21-24-8-10-26(30)11-9-24/h3-11,22,25,27,30H,12-21H2,1-2H3. The van der Waals surface area contributed by atoms with E-state index in [0.29, 0.717) is 44.3 Å². The Morgan fingerprint density at radius 1 is 0.941 bits per heavy atom. The highest BCUT2D eigenvalue weighted by molar-refractivity contribution is 7.88. The minimum Gasteiger partial charge on any atom is -0.508 e. The Morgan fingerprint density at radius 3 is 2.26 bits per heavy atom. The van der Waals surface area contributed by atoms with E-state index in [1.165, 1.54) is 17.7 Å². The van der Waals surface area contributed by atoms with E-state index in [-0.39, 0.29) is 17.5 Å². The number of aromatic hydroxyl groups is 1. The largest absolute Gasteiger partial charge is 0.508 e. The summed E-state index contributed by atoms with van der Waals surface area (Å²) < 4.78 is 33.3. The average molecular weight is 490 g/mol. The molecule has 3 rings (SSSR count). The molecule has 1 aliphatic heterocycles. The van der Waals surface area contributed by atoms with Crippen LogP contribution in [0.3, 0.4) is 0 Å². The molecular formula is C26H39N3O4S. The topological polar surface area (TPSA) is 82.1 Å². The molecule has 1 saturated heterocycles. The molecule has 2 aromatic carbocycles. The summed E-state index contributed by atoms with van der Waals surface area (Å²) in [6.07, 6.45) is 0.963. The van der Waals surface area contributed by atoms with Gasteiger partial charge in [-0.25, -0.2) is 8.42 Å². The lowest BCUT2D eigenvalue weighted by Gasteiger charge is -2.36. The van der Waals surface area contributed by atoms with E-state index in [0.717, 1.165) is 26.1 Å². The Hall–Kier alpha value is -1.97. The van der Waals surface area contributed by atoms with Crippen LogP contribution in [0.2, 0.25) is 0 Å². The van der Waals surface area contributed by atoms with E-state index in [9.17, 15) is 13.5 Å². The van der Waals surface area contributed by atoms with Crippen LogP contribution in [-0.2, 0) is 26.9 Å². The van der Waals surface area contributed by atoms with Gasteiger partial charge < -0.3 is 15.2 Å². The molecule has 1 aliphatic rings. The second-order valence-electron chi connectivity index (χ2n) is 9.44. The van der Waals surface area contributed by atoms with Gasteiger partial charge in [-0.15, -0.1) is 0 Å². The van der Waals surface area contributed by atoms with Gasteiger partial charge in [0.25, 0.3) is 0 Å². The van der Waals surface area contributed by atoms with Crippen LogP contribution in [0.5, 0.6) is 5.75 Å². The number of hydrogen-bond acceptors (Lipinski definition) is 6. The third-order valence-corrected chi connectivity index (χ3v) is 7.80. The summed E-state index contributed by atoms with van der Waals surface area (Å²) in [6.45, 7) is 9.77. The maximum atomic E-state index is 12.9. The molecule has 2 N–H and O–H groups in total. The molecule has 8 heteroatoms.